The lowest BCUT2D eigenvalue weighted by Crippen LogP contribution is -2.22. The van der Waals surface area contributed by atoms with Crippen LogP contribution in [0.25, 0.3) is 0 Å². The maximum atomic E-state index is 11.4. The molecule has 1 aromatic rings. The van der Waals surface area contributed by atoms with E-state index >= 15 is 0 Å². The number of aromatic hydroxyl groups is 1. The van der Waals surface area contributed by atoms with Gasteiger partial charge in [0, 0.05) is 11.1 Å². The average molecular weight is 316 g/mol. The van der Waals surface area contributed by atoms with Crippen LogP contribution in [0.1, 0.15) is 48.7 Å². The number of aldehydes is 1. The van der Waals surface area contributed by atoms with Gasteiger partial charge >= 0.3 is 0 Å². The van der Waals surface area contributed by atoms with Gasteiger partial charge in [-0.3, -0.25) is 4.79 Å². The van der Waals surface area contributed by atoms with Gasteiger partial charge in [-0.25, -0.2) is 0 Å². The molecule has 0 aromatic heterocycles. The summed E-state index contributed by atoms with van der Waals surface area (Å²) in [6.45, 7) is 5.67. The van der Waals surface area contributed by atoms with E-state index in [0.717, 1.165) is 11.1 Å². The molecule has 0 radical (unpaired) electrons. The molecule has 124 valence electrons. The van der Waals surface area contributed by atoms with E-state index in [2.05, 4.69) is 0 Å². The van der Waals surface area contributed by atoms with Crippen molar-refractivity contribution in [2.24, 2.45) is 0 Å². The molecule has 4 nitrogen and oxygen atoms in total. The van der Waals surface area contributed by atoms with Crippen LogP contribution in [0.4, 0.5) is 0 Å². The summed E-state index contributed by atoms with van der Waals surface area (Å²) in [6, 6.07) is 1.82. The van der Waals surface area contributed by atoms with Crippen LogP contribution in [0.2, 0.25) is 0 Å². The normalized spacial score (nSPS) is 18.2. The zero-order chi connectivity index (χ0) is 17.0. The van der Waals surface area contributed by atoms with E-state index in [0.29, 0.717) is 42.4 Å². The van der Waals surface area contributed by atoms with E-state index in [4.69, 9.17) is 4.74 Å². The van der Waals surface area contributed by atoms with Crippen molar-refractivity contribution in [1.29, 1.82) is 0 Å². The summed E-state index contributed by atoms with van der Waals surface area (Å²) in [5.41, 5.74) is 2.93. The Morgan fingerprint density at radius 2 is 2.22 bits per heavy atom. The fourth-order valence-electron chi connectivity index (χ4n) is 2.65. The van der Waals surface area contributed by atoms with E-state index in [9.17, 15) is 15.0 Å². The van der Waals surface area contributed by atoms with Gasteiger partial charge < -0.3 is 14.9 Å². The molecule has 1 aromatic carbocycles. The fraction of sp³-hybridized carbons (Fsp3) is 0.421. The number of phenols is 1. The highest BCUT2D eigenvalue weighted by molar-refractivity contribution is 5.84. The number of allylic oxidation sites excluding steroid dienone is 2. The van der Waals surface area contributed by atoms with E-state index in [1.54, 1.807) is 13.0 Å². The third-order valence-corrected chi connectivity index (χ3v) is 3.90. The molecule has 0 amide bonds. The number of rotatable bonds is 5. The lowest BCUT2D eigenvalue weighted by molar-refractivity contribution is 0.111. The Bertz CT molecular complexity index is 637. The van der Waals surface area contributed by atoms with Gasteiger partial charge in [-0.15, -0.1) is 0 Å². The van der Waals surface area contributed by atoms with Crippen molar-refractivity contribution >= 4 is 6.29 Å². The van der Waals surface area contributed by atoms with Crippen molar-refractivity contribution in [3.8, 4) is 11.5 Å². The summed E-state index contributed by atoms with van der Waals surface area (Å²) >= 11 is 0. The first kappa shape index (κ1) is 17.3. The second kappa shape index (κ2) is 7.47. The van der Waals surface area contributed by atoms with Crippen molar-refractivity contribution in [3.63, 3.8) is 0 Å². The lowest BCUT2D eigenvalue weighted by Gasteiger charge is -2.26. The minimum absolute atomic E-state index is 0.0535. The Morgan fingerprint density at radius 3 is 2.83 bits per heavy atom. The predicted molar refractivity (Wildman–Crippen MR) is 90.2 cm³/mol. The summed E-state index contributed by atoms with van der Waals surface area (Å²) in [4.78, 5) is 11.4. The van der Waals surface area contributed by atoms with Gasteiger partial charge in [-0.1, -0.05) is 17.7 Å². The highest BCUT2D eigenvalue weighted by Crippen LogP contribution is 2.37. The Kier molecular flexibility index (Phi) is 5.61. The summed E-state index contributed by atoms with van der Waals surface area (Å²) in [6.07, 6.45) is 7.53. The monoisotopic (exact) mass is 316 g/mol. The number of aliphatic hydroxyl groups is 1. The number of aliphatic hydroxyl groups excluding tert-OH is 1. The van der Waals surface area contributed by atoms with Gasteiger partial charge in [-0.05, 0) is 52.2 Å². The second-order valence-corrected chi connectivity index (χ2v) is 6.20. The van der Waals surface area contributed by atoms with Gasteiger partial charge in [0.05, 0.1) is 11.7 Å². The number of hydrogen-bond donors (Lipinski definition) is 2. The smallest absolute Gasteiger partial charge is 0.154 e. The van der Waals surface area contributed by atoms with Gasteiger partial charge in [0.15, 0.2) is 6.29 Å². The SMILES string of the molecule is CC(C)=CCc1cc2c(c(C=O)c1O)CC[C@@H](C=C[C@@H](C)O)O2. The summed E-state index contributed by atoms with van der Waals surface area (Å²) in [5.74, 6) is 0.700. The van der Waals surface area contributed by atoms with Gasteiger partial charge in [0.2, 0.25) is 0 Å². The summed E-state index contributed by atoms with van der Waals surface area (Å²) in [7, 11) is 0. The number of ether oxygens (including phenoxy) is 1. The molecule has 0 saturated heterocycles. The predicted octanol–water partition coefficient (Wildman–Crippen LogP) is 3.34. The maximum absolute atomic E-state index is 11.4. The van der Waals surface area contributed by atoms with Crippen LogP contribution in [0.5, 0.6) is 11.5 Å². The molecule has 0 spiro atoms. The number of benzene rings is 1. The summed E-state index contributed by atoms with van der Waals surface area (Å²) in [5, 5.41) is 19.7. The molecule has 0 aliphatic carbocycles. The zero-order valence-electron chi connectivity index (χ0n) is 13.9. The molecule has 2 atom stereocenters. The standard InChI is InChI=1S/C19H24O4/c1-12(2)4-6-14-10-18-16(17(11-20)19(14)22)9-8-15(23-18)7-5-13(3)21/h4-5,7,10-11,13,15,21-22H,6,8-9H2,1-3H3/t13-,15-/m1/s1. The van der Waals surface area contributed by atoms with Crippen molar-refractivity contribution in [1.82, 2.24) is 0 Å². The van der Waals surface area contributed by atoms with Gasteiger partial charge in [-0.2, -0.15) is 0 Å². The molecule has 0 fully saturated rings. The molecule has 1 aliphatic heterocycles. The van der Waals surface area contributed by atoms with Gasteiger partial charge in [0.25, 0.3) is 0 Å². The average Bonchev–Trinajstić information content (AvgIpc) is 2.50. The van der Waals surface area contributed by atoms with Crippen LogP contribution in [0.15, 0.2) is 29.9 Å². The molecule has 0 bridgehead atoms. The lowest BCUT2D eigenvalue weighted by atomic mass is 9.93. The Labute approximate surface area is 137 Å². The largest absolute Gasteiger partial charge is 0.507 e. The molecule has 2 N–H and O–H groups in total. The van der Waals surface area contributed by atoms with Crippen molar-refractivity contribution in [2.75, 3.05) is 0 Å². The van der Waals surface area contributed by atoms with E-state index < -0.39 is 6.10 Å². The molecule has 4 heteroatoms. The fourth-order valence-corrected chi connectivity index (χ4v) is 2.65. The van der Waals surface area contributed by atoms with Crippen molar-refractivity contribution in [3.05, 3.63) is 46.6 Å². The Balaban J connectivity index is 2.36. The Hall–Kier alpha value is -2.07. The minimum Gasteiger partial charge on any atom is -0.507 e. The van der Waals surface area contributed by atoms with E-state index in [-0.39, 0.29) is 11.9 Å². The minimum atomic E-state index is -0.515. The zero-order valence-corrected chi connectivity index (χ0v) is 13.9. The third-order valence-electron chi connectivity index (χ3n) is 3.90. The molecule has 1 heterocycles. The van der Waals surface area contributed by atoms with Crippen LogP contribution in [-0.2, 0) is 12.8 Å². The molecule has 23 heavy (non-hydrogen) atoms. The molecule has 1 aliphatic rings. The van der Waals surface area contributed by atoms with Gasteiger partial charge in [0.1, 0.15) is 17.6 Å². The second-order valence-electron chi connectivity index (χ2n) is 6.20. The van der Waals surface area contributed by atoms with Crippen LogP contribution in [0.3, 0.4) is 0 Å². The first-order valence-electron chi connectivity index (χ1n) is 7.91. The topological polar surface area (TPSA) is 66.8 Å². The molecular formula is C19H24O4. The van der Waals surface area contributed by atoms with Crippen molar-refractivity contribution < 1.29 is 19.7 Å². The van der Waals surface area contributed by atoms with E-state index in [1.807, 2.05) is 32.1 Å². The Morgan fingerprint density at radius 1 is 1.48 bits per heavy atom. The van der Waals surface area contributed by atoms with E-state index in [1.165, 1.54) is 0 Å². The number of carbonyl (C=O) groups excluding carboxylic acids is 1. The maximum Gasteiger partial charge on any atom is 0.154 e. The number of phenolic OH excluding ortho intramolecular Hbond substituents is 1. The van der Waals surface area contributed by atoms with Crippen LogP contribution in [0, 0.1) is 0 Å². The highest BCUT2D eigenvalue weighted by atomic mass is 16.5. The highest BCUT2D eigenvalue weighted by Gasteiger charge is 2.24. The van der Waals surface area contributed by atoms with Crippen LogP contribution >= 0.6 is 0 Å². The molecule has 0 saturated carbocycles. The molecule has 2 rings (SSSR count). The van der Waals surface area contributed by atoms with Crippen LogP contribution < -0.4 is 4.74 Å². The first-order chi connectivity index (χ1) is 10.9. The number of hydrogen-bond acceptors (Lipinski definition) is 4. The quantitative estimate of drug-likeness (QED) is 0.646. The first-order valence-corrected chi connectivity index (χ1v) is 7.91. The third kappa shape index (κ3) is 4.23. The summed E-state index contributed by atoms with van der Waals surface area (Å²) < 4.78 is 5.94. The number of fused-ring (bicyclic) bond motifs is 1. The molecule has 0 unspecified atom stereocenters. The molecular weight excluding hydrogens is 292 g/mol. The number of carbonyl (C=O) groups is 1. The van der Waals surface area contributed by atoms with Crippen LogP contribution in [-0.4, -0.2) is 28.7 Å². The van der Waals surface area contributed by atoms with Crippen molar-refractivity contribution in [2.45, 2.75) is 52.2 Å².